The fourth-order valence-corrected chi connectivity index (χ4v) is 3.30. The third-order valence-corrected chi connectivity index (χ3v) is 5.31. The van der Waals surface area contributed by atoms with Gasteiger partial charge < -0.3 is 30.1 Å². The van der Waals surface area contributed by atoms with Crippen LogP contribution in [-0.2, 0) is 28.9 Å². The molecule has 0 heterocycles. The minimum absolute atomic E-state index is 0.0149. The SMILES string of the molecule is OCc1cc(C(O)CNCCCCCCOCCOCc2ccc(C(F)(F)F)cc2)ccc1O. The molecule has 4 N–H and O–H groups in total. The van der Waals surface area contributed by atoms with Crippen molar-refractivity contribution in [1.29, 1.82) is 0 Å². The maximum absolute atomic E-state index is 12.5. The lowest BCUT2D eigenvalue weighted by Gasteiger charge is -2.14. The Labute approximate surface area is 198 Å². The molecule has 2 aromatic carbocycles. The van der Waals surface area contributed by atoms with Gasteiger partial charge >= 0.3 is 6.18 Å². The van der Waals surface area contributed by atoms with E-state index in [1.165, 1.54) is 18.2 Å². The normalized spacial score (nSPS) is 12.7. The van der Waals surface area contributed by atoms with Crippen LogP contribution in [0.15, 0.2) is 42.5 Å². The first kappa shape index (κ1) is 28.1. The molecular weight excluding hydrogens is 451 g/mol. The molecule has 0 aliphatic heterocycles. The van der Waals surface area contributed by atoms with Crippen LogP contribution in [0.4, 0.5) is 13.2 Å². The Kier molecular flexibility index (Phi) is 12.3. The number of aliphatic hydroxyl groups is 2. The smallest absolute Gasteiger partial charge is 0.416 e. The molecule has 0 amide bonds. The molecule has 0 saturated heterocycles. The minimum atomic E-state index is -4.33. The van der Waals surface area contributed by atoms with Crippen LogP contribution in [0.1, 0.15) is 54.0 Å². The average Bonchev–Trinajstić information content (AvgIpc) is 2.82. The first-order valence-corrected chi connectivity index (χ1v) is 11.4. The number of rotatable bonds is 16. The van der Waals surface area contributed by atoms with E-state index in [4.69, 9.17) is 9.47 Å². The topological polar surface area (TPSA) is 91.2 Å². The van der Waals surface area contributed by atoms with Crippen LogP contribution in [0.5, 0.6) is 5.75 Å². The number of hydrogen-bond donors (Lipinski definition) is 4. The molecule has 2 aromatic rings. The van der Waals surface area contributed by atoms with E-state index in [2.05, 4.69) is 5.32 Å². The lowest BCUT2D eigenvalue weighted by atomic mass is 10.1. The molecule has 34 heavy (non-hydrogen) atoms. The number of benzene rings is 2. The van der Waals surface area contributed by atoms with Gasteiger partial charge in [0.15, 0.2) is 0 Å². The number of unbranched alkanes of at least 4 members (excludes halogenated alkanes) is 3. The molecule has 9 heteroatoms. The number of nitrogens with one attached hydrogen (secondary N) is 1. The summed E-state index contributed by atoms with van der Waals surface area (Å²) in [4.78, 5) is 0. The quantitative estimate of drug-likeness (QED) is 0.265. The summed E-state index contributed by atoms with van der Waals surface area (Å²) in [6, 6.07) is 9.64. The molecule has 0 saturated carbocycles. The zero-order chi connectivity index (χ0) is 24.8. The molecule has 2 rings (SSSR count). The Morgan fingerprint density at radius 3 is 2.29 bits per heavy atom. The van der Waals surface area contributed by atoms with Crippen molar-refractivity contribution in [1.82, 2.24) is 5.32 Å². The summed E-state index contributed by atoms with van der Waals surface area (Å²) in [5.74, 6) is 0.0149. The third-order valence-electron chi connectivity index (χ3n) is 5.31. The van der Waals surface area contributed by atoms with Crippen molar-refractivity contribution in [3.8, 4) is 5.75 Å². The van der Waals surface area contributed by atoms with Crippen LogP contribution < -0.4 is 5.32 Å². The predicted molar refractivity (Wildman–Crippen MR) is 122 cm³/mol. The molecule has 1 unspecified atom stereocenters. The molecule has 0 spiro atoms. The van der Waals surface area contributed by atoms with Gasteiger partial charge in [0.1, 0.15) is 5.75 Å². The highest BCUT2D eigenvalue weighted by atomic mass is 19.4. The summed E-state index contributed by atoms with van der Waals surface area (Å²) >= 11 is 0. The average molecular weight is 486 g/mol. The number of hydrogen-bond acceptors (Lipinski definition) is 6. The predicted octanol–water partition coefficient (Wildman–Crippen LogP) is 4.32. The van der Waals surface area contributed by atoms with Gasteiger partial charge in [0.25, 0.3) is 0 Å². The second-order valence-corrected chi connectivity index (χ2v) is 8.04. The number of aromatic hydroxyl groups is 1. The standard InChI is InChI=1S/C25H34F3NO5/c26-25(27,28)22-8-5-19(6-9-22)18-34-14-13-33-12-4-2-1-3-11-29-16-24(32)20-7-10-23(31)21(15-20)17-30/h5-10,15,24,29-32H,1-4,11-14,16-18H2. The first-order valence-electron chi connectivity index (χ1n) is 11.4. The number of alkyl halides is 3. The van der Waals surface area contributed by atoms with Crippen LogP contribution in [0, 0.1) is 0 Å². The van der Waals surface area contributed by atoms with Gasteiger partial charge in [-0.2, -0.15) is 13.2 Å². The molecule has 6 nitrogen and oxygen atoms in total. The first-order chi connectivity index (χ1) is 16.3. The summed E-state index contributed by atoms with van der Waals surface area (Å²) in [6.45, 7) is 2.59. The Morgan fingerprint density at radius 1 is 0.882 bits per heavy atom. The van der Waals surface area contributed by atoms with E-state index in [1.807, 2.05) is 0 Å². The molecular formula is C25H34F3NO5. The molecule has 0 bridgehead atoms. The van der Waals surface area contributed by atoms with Crippen molar-refractivity contribution in [3.05, 3.63) is 64.7 Å². The maximum Gasteiger partial charge on any atom is 0.416 e. The number of halogens is 3. The van der Waals surface area contributed by atoms with Gasteiger partial charge in [-0.25, -0.2) is 0 Å². The number of phenols is 1. The second kappa shape index (κ2) is 15.0. The van der Waals surface area contributed by atoms with E-state index >= 15 is 0 Å². The van der Waals surface area contributed by atoms with Gasteiger partial charge in [-0.05, 0) is 54.8 Å². The van der Waals surface area contributed by atoms with Crippen molar-refractivity contribution < 1.29 is 38.0 Å². The van der Waals surface area contributed by atoms with Crippen LogP contribution in [0.2, 0.25) is 0 Å². The molecule has 190 valence electrons. The Balaban J connectivity index is 1.41. The monoisotopic (exact) mass is 485 g/mol. The van der Waals surface area contributed by atoms with Gasteiger partial charge in [-0.15, -0.1) is 0 Å². The second-order valence-electron chi connectivity index (χ2n) is 8.04. The van der Waals surface area contributed by atoms with E-state index in [0.29, 0.717) is 43.1 Å². The van der Waals surface area contributed by atoms with E-state index < -0.39 is 17.8 Å². The lowest BCUT2D eigenvalue weighted by molar-refractivity contribution is -0.137. The van der Waals surface area contributed by atoms with Crippen molar-refractivity contribution in [2.45, 2.75) is 51.2 Å². The van der Waals surface area contributed by atoms with Crippen LogP contribution >= 0.6 is 0 Å². The number of ether oxygens (including phenoxy) is 2. The summed E-state index contributed by atoms with van der Waals surface area (Å²) in [6.07, 6.45) is -1.08. The summed E-state index contributed by atoms with van der Waals surface area (Å²) in [7, 11) is 0. The number of aliphatic hydroxyl groups excluding tert-OH is 2. The largest absolute Gasteiger partial charge is 0.508 e. The van der Waals surface area contributed by atoms with Gasteiger partial charge in [-0.1, -0.05) is 31.0 Å². The maximum atomic E-state index is 12.5. The zero-order valence-electron chi connectivity index (χ0n) is 19.2. The zero-order valence-corrected chi connectivity index (χ0v) is 19.2. The Morgan fingerprint density at radius 2 is 1.59 bits per heavy atom. The van der Waals surface area contributed by atoms with Gasteiger partial charge in [0, 0.05) is 18.7 Å². The van der Waals surface area contributed by atoms with Gasteiger partial charge in [0.05, 0.1) is 38.1 Å². The van der Waals surface area contributed by atoms with E-state index in [-0.39, 0.29) is 19.0 Å². The van der Waals surface area contributed by atoms with Crippen LogP contribution in [0.25, 0.3) is 0 Å². The molecule has 0 fully saturated rings. The summed E-state index contributed by atoms with van der Waals surface area (Å²) in [5.41, 5.74) is 1.06. The molecule has 1 atom stereocenters. The van der Waals surface area contributed by atoms with Crippen molar-refractivity contribution in [3.63, 3.8) is 0 Å². The van der Waals surface area contributed by atoms with Crippen molar-refractivity contribution >= 4 is 0 Å². The highest BCUT2D eigenvalue weighted by Gasteiger charge is 2.29. The summed E-state index contributed by atoms with van der Waals surface area (Å²) in [5, 5.41) is 32.2. The van der Waals surface area contributed by atoms with E-state index in [0.717, 1.165) is 44.4 Å². The van der Waals surface area contributed by atoms with E-state index in [9.17, 15) is 28.5 Å². The highest BCUT2D eigenvalue weighted by molar-refractivity contribution is 5.36. The highest BCUT2D eigenvalue weighted by Crippen LogP contribution is 2.29. The van der Waals surface area contributed by atoms with Gasteiger partial charge in [-0.3, -0.25) is 0 Å². The van der Waals surface area contributed by atoms with Gasteiger partial charge in [0.2, 0.25) is 0 Å². The fraction of sp³-hybridized carbons (Fsp3) is 0.520. The van der Waals surface area contributed by atoms with Crippen LogP contribution in [-0.4, -0.2) is 48.2 Å². The third kappa shape index (κ3) is 10.4. The van der Waals surface area contributed by atoms with Crippen LogP contribution in [0.3, 0.4) is 0 Å². The Bertz CT molecular complexity index is 830. The van der Waals surface area contributed by atoms with Crippen molar-refractivity contribution in [2.75, 3.05) is 32.9 Å². The molecule has 0 aromatic heterocycles. The fourth-order valence-electron chi connectivity index (χ4n) is 3.30. The van der Waals surface area contributed by atoms with E-state index in [1.54, 1.807) is 12.1 Å². The lowest BCUT2D eigenvalue weighted by Crippen LogP contribution is -2.22. The Hall–Kier alpha value is -2.17. The molecule has 0 radical (unpaired) electrons. The molecule has 0 aliphatic rings. The summed E-state index contributed by atoms with van der Waals surface area (Å²) < 4.78 is 48.5. The molecule has 0 aliphatic carbocycles. The van der Waals surface area contributed by atoms with Crippen molar-refractivity contribution in [2.24, 2.45) is 0 Å². The minimum Gasteiger partial charge on any atom is -0.508 e.